The number of alkyl halides is 2. The topological polar surface area (TPSA) is 46.2 Å². The van der Waals surface area contributed by atoms with Crippen LogP contribution < -0.4 is 5.32 Å². The van der Waals surface area contributed by atoms with Crippen LogP contribution in [0, 0.1) is 0 Å². The smallest absolute Gasteiger partial charge is 0.263 e. The molecule has 0 saturated heterocycles. The second-order valence-electron chi connectivity index (χ2n) is 3.79. The molecule has 0 saturated carbocycles. The highest BCUT2D eigenvalue weighted by molar-refractivity contribution is 7.92. The standard InChI is InChI=1S/C10H11F2NO2S/c1-6-5-13-8-4-7(10(11)12)2-3-9(8)16(6,14)15/h2-4,6,10,13H,5H2,1H3. The minimum absolute atomic E-state index is 0.107. The van der Waals surface area contributed by atoms with Crippen LogP contribution in [0.25, 0.3) is 0 Å². The highest BCUT2D eigenvalue weighted by atomic mass is 32.2. The van der Waals surface area contributed by atoms with E-state index in [1.165, 1.54) is 12.1 Å². The van der Waals surface area contributed by atoms with Gasteiger partial charge in [0.2, 0.25) is 0 Å². The molecule has 0 aromatic heterocycles. The van der Waals surface area contributed by atoms with E-state index >= 15 is 0 Å². The molecule has 1 aromatic rings. The number of hydrogen-bond acceptors (Lipinski definition) is 3. The van der Waals surface area contributed by atoms with Crippen molar-refractivity contribution in [1.82, 2.24) is 0 Å². The summed E-state index contributed by atoms with van der Waals surface area (Å²) in [5.74, 6) is 0. The van der Waals surface area contributed by atoms with Crippen molar-refractivity contribution in [2.24, 2.45) is 0 Å². The summed E-state index contributed by atoms with van der Waals surface area (Å²) in [5, 5.41) is 2.32. The molecule has 0 amide bonds. The first-order chi connectivity index (χ1) is 7.43. The van der Waals surface area contributed by atoms with E-state index in [0.717, 1.165) is 6.07 Å². The minimum Gasteiger partial charge on any atom is -0.383 e. The molecule has 1 heterocycles. The molecular weight excluding hydrogens is 236 g/mol. The number of anilines is 1. The van der Waals surface area contributed by atoms with Crippen molar-refractivity contribution in [3.05, 3.63) is 23.8 Å². The molecule has 2 rings (SSSR count). The largest absolute Gasteiger partial charge is 0.383 e. The highest BCUT2D eigenvalue weighted by Crippen LogP contribution is 2.32. The van der Waals surface area contributed by atoms with Gasteiger partial charge < -0.3 is 5.32 Å². The number of nitrogens with one attached hydrogen (secondary N) is 1. The molecule has 0 radical (unpaired) electrons. The van der Waals surface area contributed by atoms with Gasteiger partial charge in [-0.3, -0.25) is 0 Å². The third-order valence-corrected chi connectivity index (χ3v) is 4.87. The lowest BCUT2D eigenvalue weighted by molar-refractivity contribution is 0.151. The third-order valence-electron chi connectivity index (χ3n) is 2.67. The van der Waals surface area contributed by atoms with Crippen molar-refractivity contribution >= 4 is 15.5 Å². The van der Waals surface area contributed by atoms with Gasteiger partial charge in [0.15, 0.2) is 9.84 Å². The van der Waals surface area contributed by atoms with Crippen LogP contribution in [-0.4, -0.2) is 20.2 Å². The van der Waals surface area contributed by atoms with Gasteiger partial charge in [0.1, 0.15) is 0 Å². The lowest BCUT2D eigenvalue weighted by Crippen LogP contribution is -2.31. The first kappa shape index (κ1) is 11.3. The second-order valence-corrected chi connectivity index (χ2v) is 6.13. The Balaban J connectivity index is 2.56. The van der Waals surface area contributed by atoms with E-state index in [4.69, 9.17) is 0 Å². The zero-order valence-corrected chi connectivity index (χ0v) is 9.39. The maximum absolute atomic E-state index is 12.4. The third kappa shape index (κ3) is 1.67. The Kier molecular flexibility index (Phi) is 2.61. The molecule has 1 atom stereocenters. The number of halogens is 2. The molecular formula is C10H11F2NO2S. The van der Waals surface area contributed by atoms with Gasteiger partial charge >= 0.3 is 0 Å². The molecule has 16 heavy (non-hydrogen) atoms. The van der Waals surface area contributed by atoms with E-state index in [1.54, 1.807) is 6.92 Å². The zero-order valence-electron chi connectivity index (χ0n) is 8.57. The quantitative estimate of drug-likeness (QED) is 0.827. The van der Waals surface area contributed by atoms with Gasteiger partial charge in [0, 0.05) is 12.1 Å². The molecule has 6 heteroatoms. The molecule has 1 aliphatic rings. The lowest BCUT2D eigenvalue weighted by atomic mass is 10.2. The Morgan fingerprint density at radius 3 is 2.75 bits per heavy atom. The summed E-state index contributed by atoms with van der Waals surface area (Å²) < 4.78 is 48.6. The van der Waals surface area contributed by atoms with Crippen LogP contribution in [0.15, 0.2) is 23.1 Å². The fourth-order valence-corrected chi connectivity index (χ4v) is 3.08. The summed E-state index contributed by atoms with van der Waals surface area (Å²) in [4.78, 5) is 0.107. The van der Waals surface area contributed by atoms with E-state index in [1.807, 2.05) is 0 Å². The second kappa shape index (κ2) is 3.69. The number of benzene rings is 1. The molecule has 0 bridgehead atoms. The van der Waals surface area contributed by atoms with E-state index < -0.39 is 21.5 Å². The predicted molar refractivity (Wildman–Crippen MR) is 56.5 cm³/mol. The van der Waals surface area contributed by atoms with Gasteiger partial charge in [0.05, 0.1) is 15.8 Å². The molecule has 1 N–H and O–H groups in total. The molecule has 1 aromatic carbocycles. The summed E-state index contributed by atoms with van der Waals surface area (Å²) in [6.07, 6.45) is -2.59. The summed E-state index contributed by atoms with van der Waals surface area (Å²) in [6, 6.07) is 3.60. The maximum atomic E-state index is 12.4. The SMILES string of the molecule is CC1CNc2cc(C(F)F)ccc2S1(=O)=O. The average Bonchev–Trinajstić information content (AvgIpc) is 2.23. The van der Waals surface area contributed by atoms with Gasteiger partial charge in [0.25, 0.3) is 6.43 Å². The Morgan fingerprint density at radius 1 is 1.44 bits per heavy atom. The average molecular weight is 247 g/mol. The number of hydrogen-bond donors (Lipinski definition) is 1. The molecule has 1 aliphatic heterocycles. The van der Waals surface area contributed by atoms with Crippen LogP contribution in [0.3, 0.4) is 0 Å². The van der Waals surface area contributed by atoms with E-state index in [0.29, 0.717) is 0 Å². The fourth-order valence-electron chi connectivity index (χ4n) is 1.65. The van der Waals surface area contributed by atoms with Gasteiger partial charge in [-0.25, -0.2) is 17.2 Å². The monoisotopic (exact) mass is 247 g/mol. The molecule has 0 fully saturated rings. The van der Waals surface area contributed by atoms with Gasteiger partial charge in [-0.15, -0.1) is 0 Å². The first-order valence-electron chi connectivity index (χ1n) is 4.83. The van der Waals surface area contributed by atoms with Crippen LogP contribution in [0.2, 0.25) is 0 Å². The van der Waals surface area contributed by atoms with Crippen LogP contribution in [-0.2, 0) is 9.84 Å². The van der Waals surface area contributed by atoms with Crippen LogP contribution in [0.1, 0.15) is 18.9 Å². The zero-order chi connectivity index (χ0) is 11.9. The van der Waals surface area contributed by atoms with E-state index in [2.05, 4.69) is 5.32 Å². The summed E-state index contributed by atoms with van der Waals surface area (Å²) >= 11 is 0. The Labute approximate surface area is 92.4 Å². The van der Waals surface area contributed by atoms with E-state index in [9.17, 15) is 17.2 Å². The molecule has 1 unspecified atom stereocenters. The maximum Gasteiger partial charge on any atom is 0.263 e. The number of fused-ring (bicyclic) bond motifs is 1. The summed E-state index contributed by atoms with van der Waals surface area (Å²) in [7, 11) is -3.37. The van der Waals surface area contributed by atoms with Gasteiger partial charge in [-0.05, 0) is 19.1 Å². The van der Waals surface area contributed by atoms with Crippen LogP contribution in [0.4, 0.5) is 14.5 Å². The van der Waals surface area contributed by atoms with Crippen LogP contribution >= 0.6 is 0 Å². The normalized spacial score (nSPS) is 22.6. The van der Waals surface area contributed by atoms with Crippen LogP contribution in [0.5, 0.6) is 0 Å². The molecule has 0 aliphatic carbocycles. The molecule has 88 valence electrons. The Bertz CT molecular complexity index is 514. The van der Waals surface area contributed by atoms with E-state index in [-0.39, 0.29) is 22.7 Å². The predicted octanol–water partition coefficient (Wildman–Crippen LogP) is 2.21. The minimum atomic E-state index is -3.37. The molecule has 3 nitrogen and oxygen atoms in total. The molecule has 0 spiro atoms. The Hall–Kier alpha value is -1.17. The van der Waals surface area contributed by atoms with Crippen molar-refractivity contribution in [3.8, 4) is 0 Å². The Morgan fingerprint density at radius 2 is 2.12 bits per heavy atom. The lowest BCUT2D eigenvalue weighted by Gasteiger charge is -2.24. The van der Waals surface area contributed by atoms with Gasteiger partial charge in [-0.2, -0.15) is 0 Å². The van der Waals surface area contributed by atoms with Crippen molar-refractivity contribution in [3.63, 3.8) is 0 Å². The number of sulfone groups is 1. The fraction of sp³-hybridized carbons (Fsp3) is 0.400. The summed E-state index contributed by atoms with van der Waals surface area (Å²) in [6.45, 7) is 1.84. The highest BCUT2D eigenvalue weighted by Gasteiger charge is 2.30. The van der Waals surface area contributed by atoms with Crippen molar-refractivity contribution in [2.45, 2.75) is 23.5 Å². The summed E-state index contributed by atoms with van der Waals surface area (Å²) in [5.41, 5.74) is 0.104. The van der Waals surface area contributed by atoms with Gasteiger partial charge in [-0.1, -0.05) is 6.07 Å². The number of rotatable bonds is 1. The van der Waals surface area contributed by atoms with Crippen molar-refractivity contribution in [2.75, 3.05) is 11.9 Å². The van der Waals surface area contributed by atoms with Crippen molar-refractivity contribution in [1.29, 1.82) is 0 Å². The van der Waals surface area contributed by atoms with Crippen molar-refractivity contribution < 1.29 is 17.2 Å². The first-order valence-corrected chi connectivity index (χ1v) is 6.37.